The highest BCUT2D eigenvalue weighted by Gasteiger charge is 2.20. The monoisotopic (exact) mass is 415 g/mol. The summed E-state index contributed by atoms with van der Waals surface area (Å²) in [5, 5.41) is 1.77. The van der Waals surface area contributed by atoms with Gasteiger partial charge in [-0.3, -0.25) is 9.59 Å². The number of carbonyl (C=O) groups is 1. The highest BCUT2D eigenvalue weighted by atomic mass is 32.2. The van der Waals surface area contributed by atoms with Crippen LogP contribution >= 0.6 is 11.8 Å². The number of thioether (sulfide) groups is 1. The first-order valence-corrected chi connectivity index (χ1v) is 9.78. The molecule has 1 heterocycles. The molecule has 0 saturated heterocycles. The van der Waals surface area contributed by atoms with Gasteiger partial charge >= 0.3 is 0 Å². The van der Waals surface area contributed by atoms with E-state index in [9.17, 15) is 18.4 Å². The van der Waals surface area contributed by atoms with Gasteiger partial charge in [0.15, 0.2) is 5.16 Å². The highest BCUT2D eigenvalue weighted by molar-refractivity contribution is 8.00. The second kappa shape index (κ2) is 9.00. The molecule has 0 radical (unpaired) electrons. The van der Waals surface area contributed by atoms with Gasteiger partial charge < -0.3 is 10.3 Å². The van der Waals surface area contributed by atoms with Gasteiger partial charge in [0.05, 0.1) is 5.25 Å². The second-order valence-electron chi connectivity index (χ2n) is 6.44. The summed E-state index contributed by atoms with van der Waals surface area (Å²) in [6, 6.07) is 12.9. The van der Waals surface area contributed by atoms with Crippen molar-refractivity contribution in [2.75, 3.05) is 5.32 Å². The molecule has 0 aliphatic carbocycles. The molecular formula is C21H19F2N3O2S. The predicted molar refractivity (Wildman–Crippen MR) is 109 cm³/mol. The van der Waals surface area contributed by atoms with E-state index in [0.717, 1.165) is 29.5 Å². The van der Waals surface area contributed by atoms with Crippen LogP contribution < -0.4 is 10.9 Å². The van der Waals surface area contributed by atoms with Gasteiger partial charge in [0, 0.05) is 17.7 Å². The van der Waals surface area contributed by atoms with Crippen molar-refractivity contribution < 1.29 is 13.6 Å². The van der Waals surface area contributed by atoms with Crippen LogP contribution in [0, 0.1) is 18.6 Å². The molecule has 2 aromatic carbocycles. The first kappa shape index (κ1) is 20.7. The Bertz CT molecular complexity index is 1070. The van der Waals surface area contributed by atoms with E-state index in [4.69, 9.17) is 0 Å². The molecule has 0 bridgehead atoms. The maximum absolute atomic E-state index is 13.7. The molecule has 0 saturated carbocycles. The number of benzene rings is 2. The van der Waals surface area contributed by atoms with Crippen molar-refractivity contribution >= 4 is 23.4 Å². The van der Waals surface area contributed by atoms with Gasteiger partial charge in [-0.15, -0.1) is 0 Å². The molecule has 0 fully saturated rings. The zero-order valence-electron chi connectivity index (χ0n) is 15.8. The van der Waals surface area contributed by atoms with Gasteiger partial charge in [0.2, 0.25) is 5.91 Å². The summed E-state index contributed by atoms with van der Waals surface area (Å²) < 4.78 is 27.4. The Morgan fingerprint density at radius 3 is 2.41 bits per heavy atom. The van der Waals surface area contributed by atoms with Gasteiger partial charge in [0.1, 0.15) is 17.3 Å². The molecule has 0 aliphatic rings. The van der Waals surface area contributed by atoms with Crippen LogP contribution in [0.1, 0.15) is 23.7 Å². The lowest BCUT2D eigenvalue weighted by Gasteiger charge is -2.13. The number of halogens is 2. The van der Waals surface area contributed by atoms with E-state index >= 15 is 0 Å². The van der Waals surface area contributed by atoms with Crippen LogP contribution in [0.5, 0.6) is 0 Å². The lowest BCUT2D eigenvalue weighted by atomic mass is 10.1. The number of hydrogen-bond donors (Lipinski definition) is 2. The number of nitrogens with one attached hydrogen (secondary N) is 2. The maximum Gasteiger partial charge on any atom is 0.255 e. The van der Waals surface area contributed by atoms with Gasteiger partial charge in [-0.1, -0.05) is 48.2 Å². The zero-order valence-corrected chi connectivity index (χ0v) is 16.6. The number of aryl methyl sites for hydroxylation is 1. The number of aromatic amines is 1. The highest BCUT2D eigenvalue weighted by Crippen LogP contribution is 2.23. The fraction of sp³-hybridized carbons (Fsp3) is 0.190. The van der Waals surface area contributed by atoms with Crippen molar-refractivity contribution in [3.63, 3.8) is 0 Å². The molecule has 150 valence electrons. The summed E-state index contributed by atoms with van der Waals surface area (Å²) in [5.41, 5.74) is 1.32. The van der Waals surface area contributed by atoms with E-state index in [1.807, 2.05) is 30.3 Å². The number of rotatable bonds is 6. The van der Waals surface area contributed by atoms with Gasteiger partial charge in [0.25, 0.3) is 5.56 Å². The van der Waals surface area contributed by atoms with Crippen LogP contribution in [0.4, 0.5) is 14.5 Å². The molecule has 2 N–H and O–H groups in total. The third-order valence-electron chi connectivity index (χ3n) is 4.29. The number of anilines is 1. The fourth-order valence-electron chi connectivity index (χ4n) is 2.71. The van der Waals surface area contributed by atoms with E-state index < -0.39 is 28.5 Å². The molecule has 1 amide bonds. The first-order valence-electron chi connectivity index (χ1n) is 8.90. The van der Waals surface area contributed by atoms with E-state index in [1.165, 1.54) is 6.07 Å². The number of carbonyl (C=O) groups excluding carboxylic acids is 1. The summed E-state index contributed by atoms with van der Waals surface area (Å²) in [6.07, 6.45) is 0.447. The topological polar surface area (TPSA) is 74.8 Å². The molecule has 3 aromatic rings. The molecule has 0 aliphatic heterocycles. The SMILES string of the molecule is Cc1nc(SC(C)C(=O)Nc2c(F)cccc2F)[nH]c(=O)c1Cc1ccccc1. The van der Waals surface area contributed by atoms with E-state index in [0.29, 0.717) is 17.7 Å². The fourth-order valence-corrected chi connectivity index (χ4v) is 3.55. The van der Waals surface area contributed by atoms with Crippen LogP contribution in [0.25, 0.3) is 0 Å². The molecular weight excluding hydrogens is 396 g/mol. The smallest absolute Gasteiger partial charge is 0.255 e. The van der Waals surface area contributed by atoms with Crippen LogP contribution in [-0.2, 0) is 11.2 Å². The Kier molecular flexibility index (Phi) is 6.43. The molecule has 1 unspecified atom stereocenters. The van der Waals surface area contributed by atoms with Crippen LogP contribution in [0.15, 0.2) is 58.5 Å². The summed E-state index contributed by atoms with van der Waals surface area (Å²) in [7, 11) is 0. The maximum atomic E-state index is 13.7. The summed E-state index contributed by atoms with van der Waals surface area (Å²) in [4.78, 5) is 31.9. The minimum absolute atomic E-state index is 0.265. The number of aromatic nitrogens is 2. The molecule has 3 rings (SSSR count). The minimum Gasteiger partial charge on any atom is -0.320 e. The molecule has 0 spiro atoms. The first-order chi connectivity index (χ1) is 13.8. The quantitative estimate of drug-likeness (QED) is 0.470. The number of H-pyrrole nitrogens is 1. The number of amides is 1. The number of hydrogen-bond acceptors (Lipinski definition) is 4. The normalized spacial score (nSPS) is 11.9. The molecule has 5 nitrogen and oxygen atoms in total. The number of para-hydroxylation sites is 1. The third-order valence-corrected chi connectivity index (χ3v) is 5.28. The van der Waals surface area contributed by atoms with Crippen LogP contribution in [0.3, 0.4) is 0 Å². The van der Waals surface area contributed by atoms with Crippen LogP contribution in [-0.4, -0.2) is 21.1 Å². The van der Waals surface area contributed by atoms with Crippen LogP contribution in [0.2, 0.25) is 0 Å². The molecule has 29 heavy (non-hydrogen) atoms. The van der Waals surface area contributed by atoms with Crippen molar-refractivity contribution in [1.82, 2.24) is 9.97 Å². The van der Waals surface area contributed by atoms with Gasteiger partial charge in [-0.05, 0) is 31.5 Å². The predicted octanol–water partition coefficient (Wildman–Crippen LogP) is 4.07. The minimum atomic E-state index is -0.858. The zero-order chi connectivity index (χ0) is 21.0. The summed E-state index contributed by atoms with van der Waals surface area (Å²) >= 11 is 1.00. The lowest BCUT2D eigenvalue weighted by Crippen LogP contribution is -2.25. The van der Waals surface area contributed by atoms with Gasteiger partial charge in [-0.2, -0.15) is 0 Å². The Balaban J connectivity index is 1.73. The Labute approximate surface area is 170 Å². The van der Waals surface area contributed by atoms with Crippen molar-refractivity contribution in [3.8, 4) is 0 Å². The summed E-state index contributed by atoms with van der Waals surface area (Å²) in [5.74, 6) is -2.32. The standard InChI is InChI=1S/C21H19F2N3O2S/c1-12-15(11-14-7-4-3-5-8-14)20(28)26-21(24-12)29-13(2)19(27)25-18-16(22)9-6-10-17(18)23/h3-10,13H,11H2,1-2H3,(H,25,27)(H,24,26,28). The van der Waals surface area contributed by atoms with E-state index in [2.05, 4.69) is 15.3 Å². The van der Waals surface area contributed by atoms with Crippen molar-refractivity contribution in [3.05, 3.63) is 87.3 Å². The number of nitrogens with zero attached hydrogens (tertiary/aromatic N) is 1. The molecule has 1 atom stereocenters. The molecule has 8 heteroatoms. The van der Waals surface area contributed by atoms with Crippen molar-refractivity contribution in [1.29, 1.82) is 0 Å². The van der Waals surface area contributed by atoms with Crippen molar-refractivity contribution in [2.24, 2.45) is 0 Å². The van der Waals surface area contributed by atoms with E-state index in [1.54, 1.807) is 13.8 Å². The average Bonchev–Trinajstić information content (AvgIpc) is 2.68. The van der Waals surface area contributed by atoms with E-state index in [-0.39, 0.29) is 10.7 Å². The largest absolute Gasteiger partial charge is 0.320 e. The second-order valence-corrected chi connectivity index (χ2v) is 7.77. The Hall–Kier alpha value is -3.00. The van der Waals surface area contributed by atoms with Gasteiger partial charge in [-0.25, -0.2) is 13.8 Å². The lowest BCUT2D eigenvalue weighted by molar-refractivity contribution is -0.115. The third kappa shape index (κ3) is 5.08. The summed E-state index contributed by atoms with van der Waals surface area (Å²) in [6.45, 7) is 3.29. The van der Waals surface area contributed by atoms with Crippen molar-refractivity contribution in [2.45, 2.75) is 30.7 Å². The Morgan fingerprint density at radius 1 is 1.14 bits per heavy atom. The average molecular weight is 415 g/mol. The Morgan fingerprint density at radius 2 is 1.79 bits per heavy atom. The molecule has 1 aromatic heterocycles.